The Kier molecular flexibility index (Phi) is 5.34. The summed E-state index contributed by atoms with van der Waals surface area (Å²) >= 11 is 13.9. The molecule has 1 N–H and O–H groups in total. The number of hydrogen-bond donors (Lipinski definition) is 1. The van der Waals surface area contributed by atoms with E-state index < -0.39 is 0 Å². The van der Waals surface area contributed by atoms with Crippen LogP contribution in [0.25, 0.3) is 0 Å². The van der Waals surface area contributed by atoms with Crippen molar-refractivity contribution in [2.45, 2.75) is 26.4 Å². The topological polar surface area (TPSA) is 73.5 Å². The normalized spacial score (nSPS) is 12.3. The van der Waals surface area contributed by atoms with Crippen LogP contribution in [0.15, 0.2) is 42.9 Å². The molecule has 1 aromatic carbocycles. The molecule has 3 heterocycles. The van der Waals surface area contributed by atoms with E-state index in [0.29, 0.717) is 27.5 Å². The van der Waals surface area contributed by atoms with Crippen molar-refractivity contribution >= 4 is 45.5 Å². The Labute approximate surface area is 175 Å². The van der Waals surface area contributed by atoms with Crippen molar-refractivity contribution in [2.75, 3.05) is 5.32 Å². The van der Waals surface area contributed by atoms with Gasteiger partial charge in [-0.05, 0) is 31.5 Å². The Hall–Kier alpha value is -2.42. The van der Waals surface area contributed by atoms with E-state index in [-0.39, 0.29) is 6.04 Å². The molecule has 0 fully saturated rings. The third-order valence-corrected chi connectivity index (χ3v) is 5.90. The van der Waals surface area contributed by atoms with Crippen molar-refractivity contribution < 1.29 is 0 Å². The number of aryl methyl sites for hydroxylation is 1. The van der Waals surface area contributed by atoms with Gasteiger partial charge in [0.1, 0.15) is 11.0 Å². The van der Waals surface area contributed by atoms with E-state index in [1.165, 1.54) is 11.3 Å². The van der Waals surface area contributed by atoms with E-state index in [0.717, 1.165) is 16.1 Å². The standard InChI is InChI=1S/C18H17Cl2N7S/c1-11-8-21-27(9-11)12(2)17-23-24-18(28-17)22-16-6-7-26(25-16)10-13-14(19)4-3-5-15(13)20/h3-9,12H,10H2,1-2H3,(H,22,24,25). The van der Waals surface area contributed by atoms with Crippen molar-refractivity contribution in [3.05, 3.63) is 69.0 Å². The summed E-state index contributed by atoms with van der Waals surface area (Å²) < 4.78 is 3.65. The second-order valence-electron chi connectivity index (χ2n) is 6.34. The van der Waals surface area contributed by atoms with Gasteiger partial charge in [-0.3, -0.25) is 9.36 Å². The Bertz CT molecular complexity index is 1080. The molecule has 7 nitrogen and oxygen atoms in total. The van der Waals surface area contributed by atoms with E-state index in [1.807, 2.05) is 61.4 Å². The predicted molar refractivity (Wildman–Crippen MR) is 112 cm³/mol. The SMILES string of the molecule is Cc1cnn(C(C)c2nnc(Nc3ccn(Cc4c(Cl)cccc4Cl)n3)s2)c1. The fourth-order valence-electron chi connectivity index (χ4n) is 2.68. The molecule has 0 amide bonds. The molecule has 0 saturated heterocycles. The summed E-state index contributed by atoms with van der Waals surface area (Å²) in [5.74, 6) is 0.675. The zero-order chi connectivity index (χ0) is 19.7. The van der Waals surface area contributed by atoms with Gasteiger partial charge in [0.15, 0.2) is 5.82 Å². The number of nitrogens with one attached hydrogen (secondary N) is 1. The fourth-order valence-corrected chi connectivity index (χ4v) is 4.00. The molecule has 1 unspecified atom stereocenters. The summed E-state index contributed by atoms with van der Waals surface area (Å²) in [6, 6.07) is 7.34. The first kappa shape index (κ1) is 18.9. The van der Waals surface area contributed by atoms with Gasteiger partial charge >= 0.3 is 0 Å². The minimum absolute atomic E-state index is 0.0154. The van der Waals surface area contributed by atoms with Crippen LogP contribution < -0.4 is 5.32 Å². The number of hydrogen-bond acceptors (Lipinski definition) is 6. The molecule has 0 aliphatic rings. The number of rotatable bonds is 6. The average Bonchev–Trinajstić information content (AvgIpc) is 3.40. The lowest BCUT2D eigenvalue weighted by Gasteiger charge is -2.07. The first-order valence-corrected chi connectivity index (χ1v) is 10.1. The molecule has 0 spiro atoms. The van der Waals surface area contributed by atoms with Crippen LogP contribution in [0.3, 0.4) is 0 Å². The maximum Gasteiger partial charge on any atom is 0.211 e. The van der Waals surface area contributed by atoms with E-state index in [1.54, 1.807) is 4.68 Å². The molecule has 4 aromatic rings. The van der Waals surface area contributed by atoms with Gasteiger partial charge < -0.3 is 5.32 Å². The third-order valence-electron chi connectivity index (χ3n) is 4.18. The maximum atomic E-state index is 6.24. The van der Waals surface area contributed by atoms with Gasteiger partial charge in [0.2, 0.25) is 5.13 Å². The van der Waals surface area contributed by atoms with Crippen LogP contribution in [-0.2, 0) is 6.54 Å². The molecule has 3 aromatic heterocycles. The van der Waals surface area contributed by atoms with Crippen LogP contribution in [0.5, 0.6) is 0 Å². The second kappa shape index (κ2) is 7.90. The molecular formula is C18H17Cl2N7S. The lowest BCUT2D eigenvalue weighted by atomic mass is 10.2. The van der Waals surface area contributed by atoms with Crippen molar-refractivity contribution in [3.63, 3.8) is 0 Å². The highest BCUT2D eigenvalue weighted by Gasteiger charge is 2.15. The summed E-state index contributed by atoms with van der Waals surface area (Å²) in [7, 11) is 0. The van der Waals surface area contributed by atoms with Gasteiger partial charge in [-0.1, -0.05) is 40.6 Å². The monoisotopic (exact) mass is 433 g/mol. The highest BCUT2D eigenvalue weighted by molar-refractivity contribution is 7.15. The smallest absolute Gasteiger partial charge is 0.211 e. The largest absolute Gasteiger partial charge is 0.313 e. The Morgan fingerprint density at radius 3 is 2.68 bits per heavy atom. The Balaban J connectivity index is 1.45. The van der Waals surface area contributed by atoms with E-state index in [2.05, 4.69) is 25.7 Å². The molecule has 4 rings (SSSR count). The van der Waals surface area contributed by atoms with Gasteiger partial charge in [-0.15, -0.1) is 10.2 Å². The van der Waals surface area contributed by atoms with E-state index in [9.17, 15) is 0 Å². The van der Waals surface area contributed by atoms with Gasteiger partial charge in [0, 0.05) is 34.1 Å². The summed E-state index contributed by atoms with van der Waals surface area (Å²) in [6.07, 6.45) is 5.67. The zero-order valence-corrected chi connectivity index (χ0v) is 17.5. The molecule has 0 saturated carbocycles. The first-order valence-electron chi connectivity index (χ1n) is 8.57. The summed E-state index contributed by atoms with van der Waals surface area (Å²) in [5, 5.41) is 23.3. The van der Waals surface area contributed by atoms with Gasteiger partial charge in [-0.2, -0.15) is 10.2 Å². The molecule has 0 aliphatic heterocycles. The second-order valence-corrected chi connectivity index (χ2v) is 8.17. The van der Waals surface area contributed by atoms with Crippen LogP contribution in [0.2, 0.25) is 10.0 Å². The van der Waals surface area contributed by atoms with E-state index in [4.69, 9.17) is 23.2 Å². The van der Waals surface area contributed by atoms with Crippen LogP contribution in [0.4, 0.5) is 10.9 Å². The fraction of sp³-hybridized carbons (Fsp3) is 0.222. The third kappa shape index (κ3) is 4.04. The van der Waals surface area contributed by atoms with Crippen molar-refractivity contribution in [3.8, 4) is 0 Å². The van der Waals surface area contributed by atoms with E-state index >= 15 is 0 Å². The predicted octanol–water partition coefficient (Wildman–Crippen LogP) is 4.95. The van der Waals surface area contributed by atoms with Gasteiger partial charge in [0.25, 0.3) is 0 Å². The summed E-state index contributed by atoms with van der Waals surface area (Å²) in [6.45, 7) is 4.53. The van der Waals surface area contributed by atoms with Crippen molar-refractivity contribution in [2.24, 2.45) is 0 Å². The lowest BCUT2D eigenvalue weighted by Crippen LogP contribution is -2.06. The molecular weight excluding hydrogens is 417 g/mol. The summed E-state index contributed by atoms with van der Waals surface area (Å²) in [5.41, 5.74) is 1.95. The quantitative estimate of drug-likeness (QED) is 0.465. The van der Waals surface area contributed by atoms with Gasteiger partial charge in [0.05, 0.1) is 12.7 Å². The molecule has 28 heavy (non-hydrogen) atoms. The number of anilines is 2. The maximum absolute atomic E-state index is 6.24. The molecule has 10 heteroatoms. The van der Waals surface area contributed by atoms with Crippen LogP contribution in [-0.4, -0.2) is 29.8 Å². The number of halogens is 2. The summed E-state index contributed by atoms with van der Waals surface area (Å²) in [4.78, 5) is 0. The highest BCUT2D eigenvalue weighted by atomic mass is 35.5. The molecule has 1 atom stereocenters. The molecule has 144 valence electrons. The molecule has 0 radical (unpaired) electrons. The zero-order valence-electron chi connectivity index (χ0n) is 15.2. The first-order chi connectivity index (χ1) is 13.5. The molecule has 0 aliphatic carbocycles. The number of aromatic nitrogens is 6. The minimum atomic E-state index is 0.0154. The van der Waals surface area contributed by atoms with Crippen LogP contribution >= 0.6 is 34.5 Å². The Morgan fingerprint density at radius 2 is 1.96 bits per heavy atom. The van der Waals surface area contributed by atoms with Crippen LogP contribution in [0, 0.1) is 6.92 Å². The molecule has 0 bridgehead atoms. The lowest BCUT2D eigenvalue weighted by molar-refractivity contribution is 0.557. The number of nitrogens with zero attached hydrogens (tertiary/aromatic N) is 6. The Morgan fingerprint density at radius 1 is 1.18 bits per heavy atom. The van der Waals surface area contributed by atoms with Crippen molar-refractivity contribution in [1.82, 2.24) is 29.8 Å². The van der Waals surface area contributed by atoms with Crippen molar-refractivity contribution in [1.29, 1.82) is 0 Å². The average molecular weight is 434 g/mol. The number of benzene rings is 1. The minimum Gasteiger partial charge on any atom is -0.313 e. The highest BCUT2D eigenvalue weighted by Crippen LogP contribution is 2.27. The van der Waals surface area contributed by atoms with Crippen LogP contribution in [0.1, 0.15) is 29.1 Å². The van der Waals surface area contributed by atoms with Gasteiger partial charge in [-0.25, -0.2) is 0 Å².